The van der Waals surface area contributed by atoms with Gasteiger partial charge in [-0.2, -0.15) is 0 Å². The second kappa shape index (κ2) is 17.6. The van der Waals surface area contributed by atoms with E-state index in [-0.39, 0.29) is 5.91 Å². The smallest absolute Gasteiger partial charge is 0.220 e. The summed E-state index contributed by atoms with van der Waals surface area (Å²) in [5, 5.41) is 3.79. The zero-order valence-electron chi connectivity index (χ0n) is 15.2. The fourth-order valence-corrected chi connectivity index (χ4v) is 3.54. The Hall–Kier alpha value is -0.840. The van der Waals surface area contributed by atoms with Crippen LogP contribution in [0.4, 0.5) is 0 Å². The second-order valence-electron chi connectivity index (χ2n) is 5.00. The molecule has 1 rings (SSSR count). The van der Waals surface area contributed by atoms with E-state index in [1.54, 1.807) is 34.9 Å². The van der Waals surface area contributed by atoms with Crippen molar-refractivity contribution >= 4 is 27.5 Å². The molecular weight excluding hydrogens is 376 g/mol. The molecule has 0 radical (unpaired) electrons. The molecule has 1 heterocycles. The second-order valence-corrected chi connectivity index (χ2v) is 7.44. The van der Waals surface area contributed by atoms with Crippen molar-refractivity contribution in [2.75, 3.05) is 65.7 Å². The highest BCUT2D eigenvalue weighted by atomic mass is 33.1. The highest BCUT2D eigenvalue weighted by Crippen LogP contribution is 2.29. The maximum Gasteiger partial charge on any atom is 0.220 e. The average Bonchev–Trinajstić information content (AvgIpc) is 2.67. The third kappa shape index (κ3) is 14.3. The molecule has 1 amide bonds. The first kappa shape index (κ1) is 23.2. The van der Waals surface area contributed by atoms with E-state index >= 15 is 0 Å². The number of rotatable bonds is 17. The Labute approximate surface area is 163 Å². The van der Waals surface area contributed by atoms with Gasteiger partial charge in [-0.15, -0.1) is 0 Å². The van der Waals surface area contributed by atoms with E-state index in [2.05, 4.69) is 10.3 Å². The van der Waals surface area contributed by atoms with Crippen LogP contribution in [0.5, 0.6) is 0 Å². The van der Waals surface area contributed by atoms with Crippen molar-refractivity contribution in [2.45, 2.75) is 11.4 Å². The summed E-state index contributed by atoms with van der Waals surface area (Å²) in [7, 11) is 4.85. The van der Waals surface area contributed by atoms with Gasteiger partial charge < -0.3 is 24.3 Å². The van der Waals surface area contributed by atoms with Crippen LogP contribution in [0.3, 0.4) is 0 Å². The van der Waals surface area contributed by atoms with Gasteiger partial charge in [-0.3, -0.25) is 4.79 Å². The number of carbonyl (C=O) groups is 1. The molecule has 1 aromatic heterocycles. The lowest BCUT2D eigenvalue weighted by Crippen LogP contribution is -2.27. The summed E-state index contributed by atoms with van der Waals surface area (Å²) in [5.41, 5.74) is 0. The van der Waals surface area contributed by atoms with Gasteiger partial charge >= 0.3 is 0 Å². The molecule has 0 saturated carbocycles. The molecule has 0 spiro atoms. The van der Waals surface area contributed by atoms with Gasteiger partial charge in [0.15, 0.2) is 0 Å². The fraction of sp³-hybridized carbons (Fsp3) is 0.647. The maximum atomic E-state index is 11.7. The van der Waals surface area contributed by atoms with E-state index < -0.39 is 0 Å². The zero-order chi connectivity index (χ0) is 18.7. The summed E-state index contributed by atoms with van der Waals surface area (Å²) in [6.45, 7) is 4.28. The molecule has 7 nitrogen and oxygen atoms in total. The number of hydrogen-bond acceptors (Lipinski definition) is 8. The van der Waals surface area contributed by atoms with Crippen molar-refractivity contribution in [1.82, 2.24) is 10.3 Å². The highest BCUT2D eigenvalue weighted by Gasteiger charge is 2.02. The van der Waals surface area contributed by atoms with Gasteiger partial charge in [0.2, 0.25) is 5.91 Å². The predicted octanol–water partition coefficient (Wildman–Crippen LogP) is 2.02. The largest absolute Gasteiger partial charge is 0.382 e. The molecule has 1 N–H and O–H groups in total. The number of amides is 1. The first-order valence-electron chi connectivity index (χ1n) is 8.52. The van der Waals surface area contributed by atoms with Crippen LogP contribution in [0.1, 0.15) is 6.42 Å². The number of nitrogens with one attached hydrogen (secondary N) is 1. The quantitative estimate of drug-likeness (QED) is 0.312. The molecule has 0 aromatic carbocycles. The van der Waals surface area contributed by atoms with E-state index in [4.69, 9.17) is 18.9 Å². The Balaban J connectivity index is 1.79. The Morgan fingerprint density at radius 3 is 2.38 bits per heavy atom. The first-order chi connectivity index (χ1) is 12.8. The molecule has 0 aliphatic carbocycles. The van der Waals surface area contributed by atoms with Gasteiger partial charge in [0.05, 0.1) is 46.2 Å². The SMILES string of the molecule is COCCOCCOCCOCCNC(=O)CCSSc1ccccn1. The Bertz CT molecular complexity index is 454. The number of ether oxygens (including phenoxy) is 4. The van der Waals surface area contributed by atoms with Crippen LogP contribution in [0.2, 0.25) is 0 Å². The Morgan fingerprint density at radius 1 is 1.04 bits per heavy atom. The molecule has 0 fully saturated rings. The lowest BCUT2D eigenvalue weighted by Gasteiger charge is -2.07. The van der Waals surface area contributed by atoms with Gasteiger partial charge in [0, 0.05) is 32.0 Å². The van der Waals surface area contributed by atoms with Gasteiger partial charge in [-0.25, -0.2) is 4.98 Å². The Morgan fingerprint density at radius 2 is 1.73 bits per heavy atom. The minimum Gasteiger partial charge on any atom is -0.382 e. The van der Waals surface area contributed by atoms with Gasteiger partial charge in [0.1, 0.15) is 5.03 Å². The average molecular weight is 405 g/mol. The standard InChI is InChI=1S/C17H28N2O5S2/c1-21-9-10-23-13-14-24-12-11-22-8-7-18-16(20)5-15-25-26-17-4-2-3-6-19-17/h2-4,6H,5,7-15H2,1H3,(H,18,20). The van der Waals surface area contributed by atoms with Crippen molar-refractivity contribution in [3.63, 3.8) is 0 Å². The summed E-state index contributed by atoms with van der Waals surface area (Å²) in [5.74, 6) is 0.779. The van der Waals surface area contributed by atoms with E-state index in [9.17, 15) is 4.79 Å². The highest BCUT2D eigenvalue weighted by molar-refractivity contribution is 8.76. The van der Waals surface area contributed by atoms with Gasteiger partial charge in [0.25, 0.3) is 0 Å². The summed E-state index contributed by atoms with van der Waals surface area (Å²) in [6.07, 6.45) is 2.24. The topological polar surface area (TPSA) is 78.9 Å². The number of hydrogen-bond donors (Lipinski definition) is 1. The lowest BCUT2D eigenvalue weighted by molar-refractivity contribution is -0.120. The summed E-state index contributed by atoms with van der Waals surface area (Å²) < 4.78 is 20.9. The van der Waals surface area contributed by atoms with Gasteiger partial charge in [-0.05, 0) is 22.9 Å². The van der Waals surface area contributed by atoms with Crippen LogP contribution < -0.4 is 5.32 Å². The van der Waals surface area contributed by atoms with Crippen LogP contribution in [0.15, 0.2) is 29.4 Å². The molecule has 0 aliphatic rings. The van der Waals surface area contributed by atoms with Crippen molar-refractivity contribution in [1.29, 1.82) is 0 Å². The van der Waals surface area contributed by atoms with E-state index in [0.717, 1.165) is 10.8 Å². The third-order valence-corrected chi connectivity index (χ3v) is 5.21. The third-order valence-electron chi connectivity index (χ3n) is 2.94. The number of aromatic nitrogens is 1. The molecule has 0 bridgehead atoms. The van der Waals surface area contributed by atoms with Crippen LogP contribution in [-0.4, -0.2) is 76.5 Å². The predicted molar refractivity (Wildman–Crippen MR) is 105 cm³/mol. The van der Waals surface area contributed by atoms with Crippen molar-refractivity contribution in [3.05, 3.63) is 24.4 Å². The molecule has 1 aromatic rings. The van der Waals surface area contributed by atoms with E-state index in [0.29, 0.717) is 59.2 Å². The molecule has 0 unspecified atom stereocenters. The molecule has 9 heteroatoms. The van der Waals surface area contributed by atoms with Crippen molar-refractivity contribution in [3.8, 4) is 0 Å². The van der Waals surface area contributed by atoms with Crippen molar-refractivity contribution in [2.24, 2.45) is 0 Å². The summed E-state index contributed by atoms with van der Waals surface area (Å²) in [6, 6.07) is 5.78. The molecule has 0 saturated heterocycles. The molecular formula is C17H28N2O5S2. The number of nitrogens with zero attached hydrogens (tertiary/aromatic N) is 1. The van der Waals surface area contributed by atoms with Crippen LogP contribution in [0, 0.1) is 0 Å². The van der Waals surface area contributed by atoms with Crippen LogP contribution >= 0.6 is 21.6 Å². The van der Waals surface area contributed by atoms with Crippen molar-refractivity contribution < 1.29 is 23.7 Å². The van der Waals surface area contributed by atoms with E-state index in [1.165, 1.54) is 0 Å². The number of carbonyl (C=O) groups excluding carboxylic acids is 1. The zero-order valence-corrected chi connectivity index (χ0v) is 16.8. The summed E-state index contributed by atoms with van der Waals surface area (Å²) in [4.78, 5) is 15.9. The number of pyridine rings is 1. The summed E-state index contributed by atoms with van der Waals surface area (Å²) >= 11 is 0. The van der Waals surface area contributed by atoms with E-state index in [1.807, 2.05) is 18.2 Å². The molecule has 148 valence electrons. The molecule has 26 heavy (non-hydrogen) atoms. The minimum atomic E-state index is 0.0344. The maximum absolute atomic E-state index is 11.7. The van der Waals surface area contributed by atoms with Gasteiger partial charge in [-0.1, -0.05) is 16.9 Å². The van der Waals surface area contributed by atoms with Crippen LogP contribution in [-0.2, 0) is 23.7 Å². The minimum absolute atomic E-state index is 0.0344. The monoisotopic (exact) mass is 404 g/mol. The lowest BCUT2D eigenvalue weighted by atomic mass is 10.4. The molecule has 0 atom stereocenters. The fourth-order valence-electron chi connectivity index (χ4n) is 1.67. The van der Waals surface area contributed by atoms with Crippen LogP contribution in [0.25, 0.3) is 0 Å². The number of methoxy groups -OCH3 is 1. The first-order valence-corrected chi connectivity index (χ1v) is 10.8. The molecule has 0 aliphatic heterocycles. The Kier molecular flexibility index (Phi) is 15.7. The normalized spacial score (nSPS) is 10.8.